The maximum absolute atomic E-state index is 6.45. The Hall–Kier alpha value is -0.730. The molecule has 1 unspecified atom stereocenters. The van der Waals surface area contributed by atoms with Crippen LogP contribution in [0.3, 0.4) is 0 Å². The smallest absolute Gasteiger partial charge is 0.138 e. The van der Waals surface area contributed by atoms with Gasteiger partial charge in [0.2, 0.25) is 0 Å². The lowest BCUT2D eigenvalue weighted by atomic mass is 9.93. The third kappa shape index (κ3) is 2.81. The van der Waals surface area contributed by atoms with Crippen LogP contribution >= 0.6 is 11.6 Å². The Morgan fingerprint density at radius 1 is 1.33 bits per heavy atom. The highest BCUT2D eigenvalue weighted by Gasteiger charge is 2.21. The number of piperidine rings is 1. The normalized spacial score (nSPS) is 20.2. The second kappa shape index (κ2) is 5.94. The van der Waals surface area contributed by atoms with E-state index in [2.05, 4.69) is 31.3 Å². The van der Waals surface area contributed by atoms with Gasteiger partial charge < -0.3 is 10.1 Å². The average Bonchev–Trinajstić information content (AvgIpc) is 2.39. The minimum absolute atomic E-state index is 0.374. The van der Waals surface area contributed by atoms with Gasteiger partial charge in [0.05, 0.1) is 12.1 Å². The molecule has 0 radical (unpaired) electrons. The molecule has 0 amide bonds. The van der Waals surface area contributed by atoms with Crippen molar-refractivity contribution in [3.8, 4) is 5.75 Å². The predicted molar refractivity (Wildman–Crippen MR) is 76.7 cm³/mol. The van der Waals surface area contributed by atoms with Crippen molar-refractivity contribution in [2.75, 3.05) is 13.7 Å². The second-order valence-corrected chi connectivity index (χ2v) is 5.66. The molecule has 1 atom stereocenters. The van der Waals surface area contributed by atoms with Crippen LogP contribution < -0.4 is 10.1 Å². The van der Waals surface area contributed by atoms with Gasteiger partial charge in [-0.3, -0.25) is 0 Å². The number of rotatable bonds is 3. The van der Waals surface area contributed by atoms with Crippen LogP contribution in [0.25, 0.3) is 0 Å². The van der Waals surface area contributed by atoms with Crippen LogP contribution in [0.5, 0.6) is 5.75 Å². The Morgan fingerprint density at radius 3 is 2.67 bits per heavy atom. The molecular formula is C15H22ClNO. The number of methoxy groups -OCH3 is 1. The summed E-state index contributed by atoms with van der Waals surface area (Å²) in [6.45, 7) is 5.47. The van der Waals surface area contributed by atoms with Gasteiger partial charge in [0.25, 0.3) is 0 Å². The molecule has 0 aromatic heterocycles. The molecule has 1 fully saturated rings. The van der Waals surface area contributed by atoms with Crippen molar-refractivity contribution in [2.24, 2.45) is 0 Å². The molecule has 0 saturated carbocycles. The lowest BCUT2D eigenvalue weighted by Crippen LogP contribution is -2.27. The zero-order chi connectivity index (χ0) is 13.1. The number of ether oxygens (including phenoxy) is 1. The van der Waals surface area contributed by atoms with E-state index in [-0.39, 0.29) is 0 Å². The Balaban J connectivity index is 2.40. The van der Waals surface area contributed by atoms with E-state index in [0.717, 1.165) is 23.7 Å². The van der Waals surface area contributed by atoms with E-state index in [4.69, 9.17) is 16.3 Å². The van der Waals surface area contributed by atoms with E-state index in [0.29, 0.717) is 12.0 Å². The molecule has 1 aliphatic heterocycles. The maximum Gasteiger partial charge on any atom is 0.138 e. The molecular weight excluding hydrogens is 246 g/mol. The minimum atomic E-state index is 0.374. The zero-order valence-corrected chi connectivity index (χ0v) is 12.2. The van der Waals surface area contributed by atoms with E-state index in [1.807, 2.05) is 0 Å². The van der Waals surface area contributed by atoms with Crippen molar-refractivity contribution < 1.29 is 4.74 Å². The maximum atomic E-state index is 6.45. The molecule has 2 rings (SSSR count). The molecule has 0 spiro atoms. The Labute approximate surface area is 115 Å². The lowest BCUT2D eigenvalue weighted by molar-refractivity contribution is 0.399. The molecule has 100 valence electrons. The van der Waals surface area contributed by atoms with Crippen molar-refractivity contribution >= 4 is 11.6 Å². The molecule has 2 nitrogen and oxygen atoms in total. The summed E-state index contributed by atoms with van der Waals surface area (Å²) in [5.74, 6) is 1.28. The van der Waals surface area contributed by atoms with E-state index in [1.165, 1.54) is 24.0 Å². The topological polar surface area (TPSA) is 21.3 Å². The van der Waals surface area contributed by atoms with E-state index < -0.39 is 0 Å². The number of hydrogen-bond donors (Lipinski definition) is 1. The average molecular weight is 268 g/mol. The van der Waals surface area contributed by atoms with Crippen molar-refractivity contribution in [2.45, 2.75) is 45.1 Å². The number of nitrogens with one attached hydrogen (secondary N) is 1. The van der Waals surface area contributed by atoms with Gasteiger partial charge in [0, 0.05) is 6.04 Å². The van der Waals surface area contributed by atoms with Gasteiger partial charge in [-0.25, -0.2) is 0 Å². The van der Waals surface area contributed by atoms with Crippen LogP contribution in [0.4, 0.5) is 0 Å². The van der Waals surface area contributed by atoms with Crippen LogP contribution in [-0.4, -0.2) is 13.7 Å². The number of hydrogen-bond acceptors (Lipinski definition) is 2. The quantitative estimate of drug-likeness (QED) is 0.882. The van der Waals surface area contributed by atoms with Gasteiger partial charge in [0.1, 0.15) is 5.75 Å². The number of benzene rings is 1. The summed E-state index contributed by atoms with van der Waals surface area (Å²) in [5.41, 5.74) is 2.48. The Morgan fingerprint density at radius 2 is 2.11 bits per heavy atom. The van der Waals surface area contributed by atoms with E-state index in [1.54, 1.807) is 7.11 Å². The summed E-state index contributed by atoms with van der Waals surface area (Å²) in [6, 6.07) is 4.66. The highest BCUT2D eigenvalue weighted by atomic mass is 35.5. The fourth-order valence-corrected chi connectivity index (χ4v) is 2.81. The first-order valence-electron chi connectivity index (χ1n) is 6.74. The fourth-order valence-electron chi connectivity index (χ4n) is 2.49. The molecule has 1 saturated heterocycles. The minimum Gasteiger partial charge on any atom is -0.495 e. The first kappa shape index (κ1) is 13.7. The van der Waals surface area contributed by atoms with Gasteiger partial charge in [-0.15, -0.1) is 0 Å². The molecule has 1 N–H and O–H groups in total. The van der Waals surface area contributed by atoms with Crippen LogP contribution in [0, 0.1) is 0 Å². The third-order valence-corrected chi connectivity index (χ3v) is 4.07. The largest absolute Gasteiger partial charge is 0.495 e. The monoisotopic (exact) mass is 267 g/mol. The van der Waals surface area contributed by atoms with Crippen molar-refractivity contribution in [3.63, 3.8) is 0 Å². The van der Waals surface area contributed by atoms with Gasteiger partial charge >= 0.3 is 0 Å². The summed E-state index contributed by atoms with van der Waals surface area (Å²) in [6.07, 6.45) is 3.68. The van der Waals surface area contributed by atoms with Crippen molar-refractivity contribution in [1.29, 1.82) is 0 Å². The first-order chi connectivity index (χ1) is 8.63. The van der Waals surface area contributed by atoms with Crippen molar-refractivity contribution in [1.82, 2.24) is 5.32 Å². The summed E-state index contributed by atoms with van der Waals surface area (Å²) in [4.78, 5) is 0. The van der Waals surface area contributed by atoms with E-state index >= 15 is 0 Å². The molecule has 1 aromatic carbocycles. The molecule has 1 aromatic rings. The van der Waals surface area contributed by atoms with Crippen molar-refractivity contribution in [3.05, 3.63) is 28.3 Å². The van der Waals surface area contributed by atoms with Gasteiger partial charge in [-0.05, 0) is 42.5 Å². The summed E-state index contributed by atoms with van der Waals surface area (Å²) >= 11 is 6.45. The SMILES string of the molecule is COc1cc(C(C)C)cc(C2CCCCN2)c1Cl. The highest BCUT2D eigenvalue weighted by Crippen LogP contribution is 2.37. The molecule has 1 aliphatic rings. The zero-order valence-electron chi connectivity index (χ0n) is 11.4. The predicted octanol–water partition coefficient (Wildman–Crippen LogP) is 4.29. The highest BCUT2D eigenvalue weighted by molar-refractivity contribution is 6.33. The van der Waals surface area contributed by atoms with Crippen LogP contribution in [0.2, 0.25) is 5.02 Å². The van der Waals surface area contributed by atoms with Gasteiger partial charge in [0.15, 0.2) is 0 Å². The molecule has 1 heterocycles. The summed E-state index contributed by atoms with van der Waals surface area (Å²) < 4.78 is 5.41. The van der Waals surface area contributed by atoms with Crippen LogP contribution in [0.15, 0.2) is 12.1 Å². The fraction of sp³-hybridized carbons (Fsp3) is 0.600. The summed E-state index contributed by atoms with van der Waals surface area (Å²) in [7, 11) is 1.68. The van der Waals surface area contributed by atoms with Gasteiger partial charge in [-0.1, -0.05) is 37.9 Å². The molecule has 0 aliphatic carbocycles. The Kier molecular flexibility index (Phi) is 4.52. The van der Waals surface area contributed by atoms with Crippen LogP contribution in [-0.2, 0) is 0 Å². The summed E-state index contributed by atoms with van der Waals surface area (Å²) in [5, 5.41) is 4.32. The lowest BCUT2D eigenvalue weighted by Gasteiger charge is -2.26. The molecule has 3 heteroatoms. The van der Waals surface area contributed by atoms with Gasteiger partial charge in [-0.2, -0.15) is 0 Å². The number of halogens is 1. The Bertz CT molecular complexity index is 411. The standard InChI is InChI=1S/C15H22ClNO/c1-10(2)11-8-12(13-6-4-5-7-17-13)15(16)14(9-11)18-3/h8-10,13,17H,4-7H2,1-3H3. The molecule has 0 bridgehead atoms. The van der Waals surface area contributed by atoms with E-state index in [9.17, 15) is 0 Å². The third-order valence-electron chi connectivity index (χ3n) is 3.66. The molecule has 18 heavy (non-hydrogen) atoms. The second-order valence-electron chi connectivity index (χ2n) is 5.28. The van der Waals surface area contributed by atoms with Crippen LogP contribution in [0.1, 0.15) is 56.2 Å². The first-order valence-corrected chi connectivity index (χ1v) is 7.12.